The molecule has 0 aromatic heterocycles. The van der Waals surface area contributed by atoms with Crippen LogP contribution in [0.1, 0.15) is 12.8 Å². The van der Waals surface area contributed by atoms with E-state index in [0.29, 0.717) is 0 Å². The quantitative estimate of drug-likeness (QED) is 0.422. The molecule has 0 saturated carbocycles. The fourth-order valence-corrected chi connectivity index (χ4v) is 1.50. The van der Waals surface area contributed by atoms with Crippen LogP contribution in [0.5, 0.6) is 0 Å². The van der Waals surface area contributed by atoms with Gasteiger partial charge in [-0.1, -0.05) is 0 Å². The van der Waals surface area contributed by atoms with Gasteiger partial charge in [0.15, 0.2) is 0 Å². The van der Waals surface area contributed by atoms with Gasteiger partial charge in [0.1, 0.15) is 6.04 Å². The van der Waals surface area contributed by atoms with E-state index in [1.54, 1.807) is 11.9 Å². The van der Waals surface area contributed by atoms with E-state index < -0.39 is 0 Å². The first-order chi connectivity index (χ1) is 5.70. The van der Waals surface area contributed by atoms with Crippen LogP contribution in [0.3, 0.4) is 0 Å². The molecule has 0 bridgehead atoms. The molecule has 1 heterocycles. The van der Waals surface area contributed by atoms with Crippen molar-refractivity contribution in [3.8, 4) is 0 Å². The summed E-state index contributed by atoms with van der Waals surface area (Å²) in [5.41, 5.74) is 0. The Kier molecular flexibility index (Phi) is 2.66. The molecule has 2 atom stereocenters. The van der Waals surface area contributed by atoms with Crippen LogP contribution in [0.25, 0.3) is 4.85 Å². The van der Waals surface area contributed by atoms with E-state index in [9.17, 15) is 4.79 Å². The standard InChI is InChI=1S/C8H12N2O2/c1-9-7-5-4-6(10(7)2)8(11)12-3/h6-7H,4-5H2,2-3H3. The van der Waals surface area contributed by atoms with Crippen molar-refractivity contribution in [2.24, 2.45) is 0 Å². The number of carbonyl (C=O) groups excluding carboxylic acids is 1. The van der Waals surface area contributed by atoms with Crippen molar-refractivity contribution in [1.29, 1.82) is 0 Å². The monoisotopic (exact) mass is 168 g/mol. The third-order valence-corrected chi connectivity index (χ3v) is 2.28. The molecule has 0 amide bonds. The van der Waals surface area contributed by atoms with Gasteiger partial charge < -0.3 is 4.74 Å². The molecule has 0 aliphatic carbocycles. The third-order valence-electron chi connectivity index (χ3n) is 2.28. The molecule has 4 heteroatoms. The zero-order valence-corrected chi connectivity index (χ0v) is 7.28. The van der Waals surface area contributed by atoms with Crippen LogP contribution in [0.15, 0.2) is 0 Å². The highest BCUT2D eigenvalue weighted by molar-refractivity contribution is 5.76. The van der Waals surface area contributed by atoms with Crippen LogP contribution in [0.4, 0.5) is 0 Å². The van der Waals surface area contributed by atoms with Crippen molar-refractivity contribution in [1.82, 2.24) is 4.90 Å². The Morgan fingerprint density at radius 3 is 2.75 bits per heavy atom. The van der Waals surface area contributed by atoms with E-state index in [2.05, 4.69) is 9.58 Å². The number of hydrogen-bond acceptors (Lipinski definition) is 3. The first-order valence-corrected chi connectivity index (χ1v) is 3.87. The second-order valence-corrected chi connectivity index (χ2v) is 2.89. The largest absolute Gasteiger partial charge is 0.468 e. The lowest BCUT2D eigenvalue weighted by Gasteiger charge is -2.16. The molecule has 4 nitrogen and oxygen atoms in total. The molecule has 0 aromatic carbocycles. The number of rotatable bonds is 1. The number of likely N-dealkylation sites (tertiary alicyclic amines) is 1. The Bertz CT molecular complexity index is 222. The molecule has 1 fully saturated rings. The summed E-state index contributed by atoms with van der Waals surface area (Å²) >= 11 is 0. The summed E-state index contributed by atoms with van der Waals surface area (Å²) in [6.45, 7) is 6.85. The number of likely N-dealkylation sites (N-methyl/N-ethyl adjacent to an activating group) is 1. The minimum atomic E-state index is -0.233. The van der Waals surface area contributed by atoms with Crippen molar-refractivity contribution in [3.05, 3.63) is 11.4 Å². The van der Waals surface area contributed by atoms with Crippen molar-refractivity contribution in [2.75, 3.05) is 14.2 Å². The summed E-state index contributed by atoms with van der Waals surface area (Å²) in [6, 6.07) is -0.214. The van der Waals surface area contributed by atoms with Crippen LogP contribution in [-0.2, 0) is 9.53 Å². The molecule has 1 aliphatic rings. The number of carbonyl (C=O) groups is 1. The molecule has 66 valence electrons. The predicted molar refractivity (Wildman–Crippen MR) is 43.2 cm³/mol. The van der Waals surface area contributed by atoms with Gasteiger partial charge in [-0.2, -0.15) is 0 Å². The van der Waals surface area contributed by atoms with Crippen LogP contribution < -0.4 is 0 Å². The fourth-order valence-electron chi connectivity index (χ4n) is 1.50. The number of hydrogen-bond donors (Lipinski definition) is 0. The lowest BCUT2D eigenvalue weighted by Crippen LogP contribution is -2.36. The Balaban J connectivity index is 2.61. The van der Waals surface area contributed by atoms with E-state index in [1.807, 2.05) is 0 Å². The lowest BCUT2D eigenvalue weighted by molar-refractivity contribution is -0.145. The van der Waals surface area contributed by atoms with E-state index in [4.69, 9.17) is 6.57 Å². The number of ether oxygens (including phenoxy) is 1. The molecule has 12 heavy (non-hydrogen) atoms. The first-order valence-electron chi connectivity index (χ1n) is 3.87. The van der Waals surface area contributed by atoms with E-state index in [0.717, 1.165) is 12.8 Å². The Hall–Kier alpha value is -1.08. The van der Waals surface area contributed by atoms with E-state index >= 15 is 0 Å². The zero-order valence-electron chi connectivity index (χ0n) is 7.28. The highest BCUT2D eigenvalue weighted by atomic mass is 16.5. The Morgan fingerprint density at radius 1 is 1.67 bits per heavy atom. The number of nitrogens with zero attached hydrogens (tertiary/aromatic N) is 2. The smallest absolute Gasteiger partial charge is 0.323 e. The lowest BCUT2D eigenvalue weighted by atomic mass is 10.2. The third kappa shape index (κ3) is 1.41. The van der Waals surface area contributed by atoms with E-state index in [-0.39, 0.29) is 18.2 Å². The van der Waals surface area contributed by atoms with Gasteiger partial charge in [0, 0.05) is 6.42 Å². The molecule has 2 unspecified atom stereocenters. The average molecular weight is 168 g/mol. The maximum Gasteiger partial charge on any atom is 0.323 e. The van der Waals surface area contributed by atoms with E-state index in [1.165, 1.54) is 7.11 Å². The Labute approximate surface area is 71.9 Å². The summed E-state index contributed by atoms with van der Waals surface area (Å²) in [4.78, 5) is 16.3. The molecule has 0 radical (unpaired) electrons. The van der Waals surface area contributed by atoms with Crippen LogP contribution >= 0.6 is 0 Å². The summed E-state index contributed by atoms with van der Waals surface area (Å²) in [6.07, 6.45) is 1.35. The van der Waals surface area contributed by atoms with Crippen molar-refractivity contribution in [2.45, 2.75) is 25.0 Å². The van der Waals surface area contributed by atoms with Crippen molar-refractivity contribution >= 4 is 5.97 Å². The average Bonchev–Trinajstić information content (AvgIpc) is 2.45. The van der Waals surface area contributed by atoms with Gasteiger partial charge >= 0.3 is 5.97 Å². The first kappa shape index (κ1) is 9.01. The minimum absolute atomic E-state index is 0.144. The van der Waals surface area contributed by atoms with Gasteiger partial charge in [0.05, 0.1) is 7.11 Å². The second-order valence-electron chi connectivity index (χ2n) is 2.89. The molecule has 1 rings (SSSR count). The molecule has 1 aliphatic heterocycles. The van der Waals surface area contributed by atoms with Crippen LogP contribution in [0, 0.1) is 6.57 Å². The highest BCUT2D eigenvalue weighted by Crippen LogP contribution is 2.23. The minimum Gasteiger partial charge on any atom is -0.468 e. The molecule has 0 N–H and O–H groups in total. The molecule has 1 saturated heterocycles. The van der Waals surface area contributed by atoms with Crippen molar-refractivity contribution < 1.29 is 9.53 Å². The van der Waals surface area contributed by atoms with Crippen molar-refractivity contribution in [3.63, 3.8) is 0 Å². The molecular weight excluding hydrogens is 156 g/mol. The van der Waals surface area contributed by atoms with Gasteiger partial charge in [-0.05, 0) is 13.5 Å². The van der Waals surface area contributed by atoms with Gasteiger partial charge in [0.2, 0.25) is 0 Å². The topological polar surface area (TPSA) is 33.9 Å². The van der Waals surface area contributed by atoms with Crippen LogP contribution in [-0.4, -0.2) is 37.2 Å². The second kappa shape index (κ2) is 3.55. The zero-order chi connectivity index (χ0) is 9.14. The van der Waals surface area contributed by atoms with Gasteiger partial charge in [-0.25, -0.2) is 11.5 Å². The predicted octanol–water partition coefficient (Wildman–Crippen LogP) is 0.499. The Morgan fingerprint density at radius 2 is 2.33 bits per heavy atom. The summed E-state index contributed by atoms with van der Waals surface area (Å²) < 4.78 is 4.61. The number of esters is 1. The molecule has 0 aromatic rings. The van der Waals surface area contributed by atoms with Gasteiger partial charge in [-0.15, -0.1) is 0 Å². The molecule has 0 spiro atoms. The van der Waals surface area contributed by atoms with Gasteiger partial charge in [-0.3, -0.25) is 9.64 Å². The van der Waals surface area contributed by atoms with Gasteiger partial charge in [0.25, 0.3) is 6.17 Å². The summed E-state index contributed by atoms with van der Waals surface area (Å²) in [5.74, 6) is -0.233. The fraction of sp³-hybridized carbons (Fsp3) is 0.750. The number of methoxy groups -OCH3 is 1. The molecular formula is C8H12N2O2. The maximum absolute atomic E-state index is 11.1. The summed E-state index contributed by atoms with van der Waals surface area (Å²) in [7, 11) is 3.17. The highest BCUT2D eigenvalue weighted by Gasteiger charge is 2.39. The maximum atomic E-state index is 11.1. The SMILES string of the molecule is [C-]#[N+]C1CCC(C(=O)OC)N1C. The summed E-state index contributed by atoms with van der Waals surface area (Å²) in [5, 5.41) is 0. The normalized spacial score (nSPS) is 29.8. The van der Waals surface area contributed by atoms with Crippen LogP contribution in [0.2, 0.25) is 0 Å².